The van der Waals surface area contributed by atoms with Crippen LogP contribution in [0.25, 0.3) is 0 Å². The first-order chi connectivity index (χ1) is 10.6. The van der Waals surface area contributed by atoms with Crippen molar-refractivity contribution in [3.8, 4) is 0 Å². The number of nitrogens with two attached hydrogens (primary N) is 1. The van der Waals surface area contributed by atoms with Gasteiger partial charge in [0.1, 0.15) is 0 Å². The van der Waals surface area contributed by atoms with E-state index in [-0.39, 0.29) is 29.0 Å². The number of nitrogens with one attached hydrogen (secondary N) is 1. The molecule has 3 N–H and O–H groups in total. The fourth-order valence-corrected chi connectivity index (χ4v) is 2.82. The molecule has 9 heteroatoms. The lowest BCUT2D eigenvalue weighted by Gasteiger charge is -2.26. The van der Waals surface area contributed by atoms with E-state index in [1.54, 1.807) is 0 Å². The highest BCUT2D eigenvalue weighted by Crippen LogP contribution is 2.32. The highest BCUT2D eigenvalue weighted by Gasteiger charge is 2.32. The topological polar surface area (TPSA) is 84.5 Å². The highest BCUT2D eigenvalue weighted by atomic mass is 32.2. The lowest BCUT2D eigenvalue weighted by atomic mass is 9.93. The standard InChI is InChI=1S/C14H18F3N3O2S/c1-23(21,22)12-6-9(5-10(7-12)14(15,16)17)8-19-13(18)20-11-3-2-4-11/h5-7,11H,2-4,8H2,1H3,(H3,18,19,20). The van der Waals surface area contributed by atoms with Gasteiger partial charge in [0, 0.05) is 12.3 Å². The van der Waals surface area contributed by atoms with Crippen LogP contribution in [0.3, 0.4) is 0 Å². The number of guanidine groups is 1. The minimum absolute atomic E-state index is 0.127. The minimum atomic E-state index is -4.63. The number of hydrogen-bond acceptors (Lipinski definition) is 3. The van der Waals surface area contributed by atoms with Gasteiger partial charge in [0.15, 0.2) is 15.8 Å². The fraction of sp³-hybridized carbons (Fsp3) is 0.500. The van der Waals surface area contributed by atoms with Crippen LogP contribution < -0.4 is 11.1 Å². The predicted molar refractivity (Wildman–Crippen MR) is 80.7 cm³/mol. The summed E-state index contributed by atoms with van der Waals surface area (Å²) in [5, 5.41) is 2.96. The molecule has 0 aromatic heterocycles. The highest BCUT2D eigenvalue weighted by molar-refractivity contribution is 7.90. The number of halogens is 3. The molecule has 5 nitrogen and oxygen atoms in total. The molecule has 1 aliphatic rings. The molecule has 0 aliphatic heterocycles. The molecular weight excluding hydrogens is 331 g/mol. The molecule has 128 valence electrons. The maximum absolute atomic E-state index is 12.9. The fourth-order valence-electron chi connectivity index (χ4n) is 2.11. The summed E-state index contributed by atoms with van der Waals surface area (Å²) in [7, 11) is -3.76. The number of alkyl halides is 3. The summed E-state index contributed by atoms with van der Waals surface area (Å²) in [6.07, 6.45) is -0.691. The van der Waals surface area contributed by atoms with Gasteiger partial charge in [-0.2, -0.15) is 13.2 Å². The molecule has 0 atom stereocenters. The van der Waals surface area contributed by atoms with E-state index < -0.39 is 21.6 Å². The van der Waals surface area contributed by atoms with E-state index in [1.807, 2.05) is 0 Å². The molecule has 0 unspecified atom stereocenters. The Balaban J connectivity index is 2.24. The number of benzene rings is 1. The van der Waals surface area contributed by atoms with Gasteiger partial charge in [-0.05, 0) is 43.0 Å². The van der Waals surface area contributed by atoms with Crippen molar-refractivity contribution in [2.45, 2.75) is 42.9 Å². The van der Waals surface area contributed by atoms with Crippen molar-refractivity contribution in [2.75, 3.05) is 6.26 Å². The third-order valence-electron chi connectivity index (χ3n) is 3.61. The zero-order valence-corrected chi connectivity index (χ0v) is 13.3. The zero-order valence-electron chi connectivity index (χ0n) is 12.5. The Hall–Kier alpha value is -1.77. The molecule has 0 saturated heterocycles. The number of sulfone groups is 1. The van der Waals surface area contributed by atoms with Crippen molar-refractivity contribution in [3.05, 3.63) is 29.3 Å². The Morgan fingerprint density at radius 3 is 2.48 bits per heavy atom. The quantitative estimate of drug-likeness (QED) is 0.644. The Morgan fingerprint density at radius 2 is 2.00 bits per heavy atom. The summed E-state index contributed by atoms with van der Waals surface area (Å²) < 4.78 is 61.8. The van der Waals surface area contributed by atoms with Gasteiger partial charge >= 0.3 is 6.18 Å². The Kier molecular flexibility index (Phi) is 4.88. The molecule has 0 radical (unpaired) electrons. The molecule has 0 bridgehead atoms. The summed E-state index contributed by atoms with van der Waals surface area (Å²) in [4.78, 5) is 3.60. The Labute approximate surface area is 132 Å². The number of nitrogens with zero attached hydrogens (tertiary/aromatic N) is 1. The average molecular weight is 349 g/mol. The second kappa shape index (κ2) is 6.38. The van der Waals surface area contributed by atoms with Crippen LogP contribution in [0.5, 0.6) is 0 Å². The van der Waals surface area contributed by atoms with E-state index in [0.717, 1.165) is 31.6 Å². The van der Waals surface area contributed by atoms with E-state index in [9.17, 15) is 21.6 Å². The molecule has 1 saturated carbocycles. The number of rotatable bonds is 4. The summed E-state index contributed by atoms with van der Waals surface area (Å²) in [6, 6.07) is 2.95. The van der Waals surface area contributed by atoms with E-state index in [4.69, 9.17) is 5.73 Å². The van der Waals surface area contributed by atoms with Gasteiger partial charge in [0.05, 0.1) is 17.0 Å². The summed E-state index contributed by atoms with van der Waals surface area (Å²) in [6.45, 7) is -0.127. The van der Waals surface area contributed by atoms with Gasteiger partial charge in [0.25, 0.3) is 0 Å². The molecular formula is C14H18F3N3O2S. The molecule has 23 heavy (non-hydrogen) atoms. The smallest absolute Gasteiger partial charge is 0.370 e. The SMILES string of the molecule is CS(=O)(=O)c1cc(CN=C(N)NC2CCC2)cc(C(F)(F)F)c1. The second-order valence-corrected chi connectivity index (χ2v) is 7.62. The summed E-state index contributed by atoms with van der Waals surface area (Å²) in [5.41, 5.74) is 4.80. The normalized spacial score (nSPS) is 17.0. The van der Waals surface area contributed by atoms with Crippen LogP contribution >= 0.6 is 0 Å². The van der Waals surface area contributed by atoms with Gasteiger partial charge < -0.3 is 11.1 Å². The van der Waals surface area contributed by atoms with Crippen LogP contribution in [0.1, 0.15) is 30.4 Å². The predicted octanol–water partition coefficient (Wildman–Crippen LogP) is 2.07. The maximum atomic E-state index is 12.9. The van der Waals surface area contributed by atoms with Gasteiger partial charge in [-0.1, -0.05) is 0 Å². The van der Waals surface area contributed by atoms with Crippen LogP contribution in [-0.2, 0) is 22.6 Å². The lowest BCUT2D eigenvalue weighted by molar-refractivity contribution is -0.137. The van der Waals surface area contributed by atoms with Gasteiger partial charge in [-0.25, -0.2) is 13.4 Å². The van der Waals surface area contributed by atoms with Crippen molar-refractivity contribution in [1.29, 1.82) is 0 Å². The van der Waals surface area contributed by atoms with E-state index in [0.29, 0.717) is 6.07 Å². The molecule has 1 aliphatic carbocycles. The van der Waals surface area contributed by atoms with Gasteiger partial charge in [-0.3, -0.25) is 0 Å². The van der Waals surface area contributed by atoms with Crippen LogP contribution in [0.2, 0.25) is 0 Å². The van der Waals surface area contributed by atoms with Crippen molar-refractivity contribution in [2.24, 2.45) is 10.7 Å². The van der Waals surface area contributed by atoms with Crippen LogP contribution in [0.15, 0.2) is 28.1 Å². The van der Waals surface area contributed by atoms with Crippen molar-refractivity contribution >= 4 is 15.8 Å². The molecule has 1 fully saturated rings. The van der Waals surface area contributed by atoms with Crippen molar-refractivity contribution in [1.82, 2.24) is 5.32 Å². The zero-order chi connectivity index (χ0) is 17.3. The van der Waals surface area contributed by atoms with E-state index in [2.05, 4.69) is 10.3 Å². The minimum Gasteiger partial charge on any atom is -0.370 e. The first kappa shape index (κ1) is 17.6. The largest absolute Gasteiger partial charge is 0.416 e. The molecule has 0 amide bonds. The first-order valence-corrected chi connectivity index (χ1v) is 8.92. The van der Waals surface area contributed by atoms with E-state index >= 15 is 0 Å². The molecule has 2 rings (SSSR count). The van der Waals surface area contributed by atoms with Crippen LogP contribution in [0, 0.1) is 0 Å². The van der Waals surface area contributed by atoms with Crippen LogP contribution in [-0.4, -0.2) is 26.7 Å². The van der Waals surface area contributed by atoms with Gasteiger partial charge in [-0.15, -0.1) is 0 Å². The van der Waals surface area contributed by atoms with E-state index in [1.165, 1.54) is 6.07 Å². The lowest BCUT2D eigenvalue weighted by Crippen LogP contribution is -2.43. The average Bonchev–Trinajstić information content (AvgIpc) is 2.38. The van der Waals surface area contributed by atoms with Crippen LogP contribution in [0.4, 0.5) is 13.2 Å². The monoisotopic (exact) mass is 349 g/mol. The second-order valence-electron chi connectivity index (χ2n) is 5.61. The molecule has 0 spiro atoms. The third kappa shape index (κ3) is 4.85. The molecule has 0 heterocycles. The molecule has 1 aromatic carbocycles. The third-order valence-corrected chi connectivity index (χ3v) is 4.70. The van der Waals surface area contributed by atoms with Gasteiger partial charge in [0.2, 0.25) is 0 Å². The van der Waals surface area contributed by atoms with Crippen molar-refractivity contribution < 1.29 is 21.6 Å². The maximum Gasteiger partial charge on any atom is 0.416 e. The first-order valence-electron chi connectivity index (χ1n) is 7.03. The molecule has 1 aromatic rings. The number of aliphatic imine (C=N–C) groups is 1. The summed E-state index contributed by atoms with van der Waals surface area (Å²) >= 11 is 0. The Bertz CT molecular complexity index is 710. The number of hydrogen-bond donors (Lipinski definition) is 2. The summed E-state index contributed by atoms with van der Waals surface area (Å²) in [5.74, 6) is 0.146. The Morgan fingerprint density at radius 1 is 1.35 bits per heavy atom. The van der Waals surface area contributed by atoms with Crippen molar-refractivity contribution in [3.63, 3.8) is 0 Å².